The van der Waals surface area contributed by atoms with E-state index in [4.69, 9.17) is 9.72 Å². The van der Waals surface area contributed by atoms with Crippen molar-refractivity contribution in [3.05, 3.63) is 65.0 Å². The zero-order valence-corrected chi connectivity index (χ0v) is 17.9. The molecule has 3 aromatic rings. The average Bonchev–Trinajstić information content (AvgIpc) is 3.24. The molecule has 0 aliphatic carbocycles. The van der Waals surface area contributed by atoms with Gasteiger partial charge in [-0.2, -0.15) is 0 Å². The van der Waals surface area contributed by atoms with Crippen LogP contribution in [0.4, 0.5) is 5.69 Å². The SMILES string of the molecule is COc1cccc(NC(=O)CN2CCN(Cc3nc(-c4ccccc4)cs3)CC2)c1. The molecule has 6 nitrogen and oxygen atoms in total. The average molecular weight is 423 g/mol. The third kappa shape index (κ3) is 5.44. The molecule has 0 radical (unpaired) electrons. The fourth-order valence-corrected chi connectivity index (χ4v) is 4.37. The third-order valence-electron chi connectivity index (χ3n) is 5.17. The van der Waals surface area contributed by atoms with Crippen LogP contribution >= 0.6 is 11.3 Å². The van der Waals surface area contributed by atoms with Crippen LogP contribution in [0.15, 0.2) is 60.0 Å². The van der Waals surface area contributed by atoms with Gasteiger partial charge in [-0.25, -0.2) is 4.98 Å². The van der Waals surface area contributed by atoms with Gasteiger partial charge in [0, 0.05) is 48.9 Å². The van der Waals surface area contributed by atoms with Crippen LogP contribution in [0.2, 0.25) is 0 Å². The summed E-state index contributed by atoms with van der Waals surface area (Å²) in [6.07, 6.45) is 0. The van der Waals surface area contributed by atoms with Gasteiger partial charge < -0.3 is 10.1 Å². The minimum absolute atomic E-state index is 0.00382. The Kier molecular flexibility index (Phi) is 6.74. The van der Waals surface area contributed by atoms with E-state index in [2.05, 4.69) is 32.6 Å². The predicted octanol–water partition coefficient (Wildman–Crippen LogP) is 3.58. The van der Waals surface area contributed by atoms with E-state index in [-0.39, 0.29) is 5.91 Å². The molecular weight excluding hydrogens is 396 g/mol. The van der Waals surface area contributed by atoms with Crippen molar-refractivity contribution in [2.24, 2.45) is 0 Å². The molecule has 0 atom stereocenters. The molecule has 1 amide bonds. The summed E-state index contributed by atoms with van der Waals surface area (Å²) in [6.45, 7) is 4.89. The summed E-state index contributed by atoms with van der Waals surface area (Å²) in [7, 11) is 1.62. The minimum atomic E-state index is 0.00382. The molecule has 30 heavy (non-hydrogen) atoms. The number of rotatable bonds is 7. The van der Waals surface area contributed by atoms with Crippen LogP contribution in [0.5, 0.6) is 5.75 Å². The lowest BCUT2D eigenvalue weighted by atomic mass is 10.2. The topological polar surface area (TPSA) is 57.7 Å². The Bertz CT molecular complexity index is 968. The molecule has 0 spiro atoms. The number of hydrogen-bond acceptors (Lipinski definition) is 6. The van der Waals surface area contributed by atoms with Gasteiger partial charge in [-0.3, -0.25) is 14.6 Å². The van der Waals surface area contributed by atoms with E-state index in [0.29, 0.717) is 6.54 Å². The molecule has 2 heterocycles. The Balaban J connectivity index is 1.23. The van der Waals surface area contributed by atoms with Gasteiger partial charge in [0.1, 0.15) is 10.8 Å². The van der Waals surface area contributed by atoms with Crippen LogP contribution in [0, 0.1) is 0 Å². The molecule has 1 aliphatic heterocycles. The number of anilines is 1. The van der Waals surface area contributed by atoms with Crippen molar-refractivity contribution in [2.45, 2.75) is 6.54 Å². The summed E-state index contributed by atoms with van der Waals surface area (Å²) in [4.78, 5) is 21.8. The lowest BCUT2D eigenvalue weighted by Crippen LogP contribution is -2.48. The van der Waals surface area contributed by atoms with Gasteiger partial charge in [0.2, 0.25) is 5.91 Å². The maximum absolute atomic E-state index is 12.4. The highest BCUT2D eigenvalue weighted by Crippen LogP contribution is 2.23. The van der Waals surface area contributed by atoms with E-state index >= 15 is 0 Å². The first kappa shape index (κ1) is 20.5. The van der Waals surface area contributed by atoms with Crippen LogP contribution in [-0.2, 0) is 11.3 Å². The zero-order valence-electron chi connectivity index (χ0n) is 17.1. The maximum atomic E-state index is 12.4. The first-order valence-corrected chi connectivity index (χ1v) is 11.0. The van der Waals surface area contributed by atoms with Crippen LogP contribution in [0.1, 0.15) is 5.01 Å². The normalized spacial score (nSPS) is 15.1. The molecule has 1 aromatic heterocycles. The number of ether oxygens (including phenoxy) is 1. The number of methoxy groups -OCH3 is 1. The Morgan fingerprint density at radius 3 is 2.60 bits per heavy atom. The number of benzene rings is 2. The summed E-state index contributed by atoms with van der Waals surface area (Å²) in [5, 5.41) is 6.22. The molecule has 156 valence electrons. The van der Waals surface area contributed by atoms with Crippen LogP contribution in [-0.4, -0.2) is 60.5 Å². The molecule has 4 rings (SSSR count). The Morgan fingerprint density at radius 1 is 1.07 bits per heavy atom. The minimum Gasteiger partial charge on any atom is -0.497 e. The number of thiazole rings is 1. The second-order valence-corrected chi connectivity index (χ2v) is 8.27. The predicted molar refractivity (Wildman–Crippen MR) is 121 cm³/mol. The van der Waals surface area contributed by atoms with E-state index in [1.807, 2.05) is 42.5 Å². The quantitative estimate of drug-likeness (QED) is 0.631. The molecule has 1 aliphatic rings. The van der Waals surface area contributed by atoms with Crippen molar-refractivity contribution in [3.8, 4) is 17.0 Å². The molecule has 0 saturated carbocycles. The van der Waals surface area contributed by atoms with E-state index in [1.165, 1.54) is 0 Å². The smallest absolute Gasteiger partial charge is 0.238 e. The fraction of sp³-hybridized carbons (Fsp3) is 0.304. The van der Waals surface area contributed by atoms with E-state index in [1.54, 1.807) is 18.4 Å². The number of carbonyl (C=O) groups excluding carboxylic acids is 1. The molecule has 1 fully saturated rings. The van der Waals surface area contributed by atoms with Gasteiger partial charge >= 0.3 is 0 Å². The van der Waals surface area contributed by atoms with E-state index < -0.39 is 0 Å². The molecular formula is C23H26N4O2S. The number of nitrogens with zero attached hydrogens (tertiary/aromatic N) is 3. The van der Waals surface area contributed by atoms with Crippen LogP contribution in [0.3, 0.4) is 0 Å². The van der Waals surface area contributed by atoms with Gasteiger partial charge in [0.05, 0.1) is 25.9 Å². The number of piperazine rings is 1. The number of aromatic nitrogens is 1. The molecule has 0 unspecified atom stereocenters. The fourth-order valence-electron chi connectivity index (χ4n) is 3.53. The number of carbonyl (C=O) groups is 1. The van der Waals surface area contributed by atoms with Crippen molar-refractivity contribution in [1.82, 2.24) is 14.8 Å². The number of hydrogen-bond donors (Lipinski definition) is 1. The lowest BCUT2D eigenvalue weighted by Gasteiger charge is -2.33. The highest BCUT2D eigenvalue weighted by atomic mass is 32.1. The highest BCUT2D eigenvalue weighted by Gasteiger charge is 2.20. The van der Waals surface area contributed by atoms with Crippen molar-refractivity contribution < 1.29 is 9.53 Å². The standard InChI is InChI=1S/C23H26N4O2S/c1-29-20-9-5-8-19(14-20)24-22(28)15-26-10-12-27(13-11-26)16-23-25-21(17-30-23)18-6-3-2-4-7-18/h2-9,14,17H,10-13,15-16H2,1H3,(H,24,28). The third-order valence-corrected chi connectivity index (χ3v) is 6.00. The van der Waals surface area contributed by atoms with Crippen LogP contribution < -0.4 is 10.1 Å². The number of amides is 1. The summed E-state index contributed by atoms with van der Waals surface area (Å²) in [5.41, 5.74) is 2.96. The van der Waals surface area contributed by atoms with Crippen molar-refractivity contribution in [1.29, 1.82) is 0 Å². The molecule has 2 aromatic carbocycles. The lowest BCUT2D eigenvalue weighted by molar-refractivity contribution is -0.117. The van der Waals surface area contributed by atoms with E-state index in [9.17, 15) is 4.79 Å². The van der Waals surface area contributed by atoms with Crippen molar-refractivity contribution in [2.75, 3.05) is 45.2 Å². The van der Waals surface area contributed by atoms with Crippen LogP contribution in [0.25, 0.3) is 11.3 Å². The van der Waals surface area contributed by atoms with Gasteiger partial charge in [0.15, 0.2) is 0 Å². The monoisotopic (exact) mass is 422 g/mol. The summed E-state index contributed by atoms with van der Waals surface area (Å²) >= 11 is 1.71. The first-order valence-electron chi connectivity index (χ1n) is 10.1. The summed E-state index contributed by atoms with van der Waals surface area (Å²) in [5.74, 6) is 0.739. The zero-order chi connectivity index (χ0) is 20.8. The van der Waals surface area contributed by atoms with Crippen molar-refractivity contribution in [3.63, 3.8) is 0 Å². The Morgan fingerprint density at radius 2 is 1.83 bits per heavy atom. The largest absolute Gasteiger partial charge is 0.497 e. The summed E-state index contributed by atoms with van der Waals surface area (Å²) in [6, 6.07) is 17.7. The van der Waals surface area contributed by atoms with Crippen molar-refractivity contribution >= 4 is 22.9 Å². The van der Waals surface area contributed by atoms with Gasteiger partial charge in [-0.05, 0) is 12.1 Å². The van der Waals surface area contributed by atoms with Gasteiger partial charge in [0.25, 0.3) is 0 Å². The second kappa shape index (κ2) is 9.84. The number of nitrogens with one attached hydrogen (secondary N) is 1. The Labute approximate surface area is 181 Å². The van der Waals surface area contributed by atoms with E-state index in [0.717, 1.165) is 60.4 Å². The maximum Gasteiger partial charge on any atom is 0.238 e. The summed E-state index contributed by atoms with van der Waals surface area (Å²) < 4.78 is 5.20. The highest BCUT2D eigenvalue weighted by molar-refractivity contribution is 7.09. The molecule has 7 heteroatoms. The molecule has 1 saturated heterocycles. The molecule has 0 bridgehead atoms. The van der Waals surface area contributed by atoms with Gasteiger partial charge in [-0.15, -0.1) is 11.3 Å². The second-order valence-electron chi connectivity index (χ2n) is 7.32. The van der Waals surface area contributed by atoms with Gasteiger partial charge in [-0.1, -0.05) is 36.4 Å². The Hall–Kier alpha value is -2.74. The molecule has 1 N–H and O–H groups in total. The first-order chi connectivity index (χ1) is 14.7.